The number of hydrogen-bond donors (Lipinski definition) is 1. The molecule has 0 aromatic carbocycles. The molecule has 2 N–H and O–H groups in total. The van der Waals surface area contributed by atoms with E-state index in [-0.39, 0.29) is 0 Å². The summed E-state index contributed by atoms with van der Waals surface area (Å²) in [7, 11) is 0. The highest BCUT2D eigenvalue weighted by atomic mass is 16.5. The fourth-order valence-electron chi connectivity index (χ4n) is 2.25. The molecule has 19 heavy (non-hydrogen) atoms. The van der Waals surface area contributed by atoms with Crippen molar-refractivity contribution in [3.63, 3.8) is 0 Å². The van der Waals surface area contributed by atoms with Crippen LogP contribution in [0.3, 0.4) is 0 Å². The number of hydrogen-bond acceptors (Lipinski definition) is 5. The highest BCUT2D eigenvalue weighted by Gasteiger charge is 2.19. The Bertz CT molecular complexity index is 418. The van der Waals surface area contributed by atoms with Crippen LogP contribution in [0.15, 0.2) is 18.3 Å². The second-order valence-electron chi connectivity index (χ2n) is 4.71. The Balaban J connectivity index is 1.80. The number of nitrogens with two attached hydrogens (primary N) is 1. The molecule has 1 aromatic rings. The van der Waals surface area contributed by atoms with Gasteiger partial charge in [-0.15, -0.1) is 0 Å². The standard InChI is InChI=1S/C14H20N4O/c15-6-1-9-19-14-4-7-18(8-5-14)13-3-2-12(10-16)17-11-13/h2-3,11,14H,1,4-9,15H2. The molecule has 5 nitrogen and oxygen atoms in total. The van der Waals surface area contributed by atoms with Gasteiger partial charge in [0.15, 0.2) is 0 Å². The molecular formula is C14H20N4O. The largest absolute Gasteiger partial charge is 0.378 e. The first-order chi connectivity index (χ1) is 9.33. The molecule has 2 heterocycles. The normalized spacial score (nSPS) is 16.3. The predicted molar refractivity (Wildman–Crippen MR) is 73.8 cm³/mol. The topological polar surface area (TPSA) is 75.2 Å². The highest BCUT2D eigenvalue weighted by molar-refractivity contribution is 5.46. The SMILES string of the molecule is N#Cc1ccc(N2CCC(OCCCN)CC2)cn1. The Morgan fingerprint density at radius 1 is 1.42 bits per heavy atom. The lowest BCUT2D eigenvalue weighted by molar-refractivity contribution is 0.0366. The first-order valence-corrected chi connectivity index (χ1v) is 6.76. The first kappa shape index (κ1) is 13.8. The van der Waals surface area contributed by atoms with Gasteiger partial charge >= 0.3 is 0 Å². The van der Waals surface area contributed by atoms with Crippen LogP contribution < -0.4 is 10.6 Å². The van der Waals surface area contributed by atoms with Gasteiger partial charge in [0.2, 0.25) is 0 Å². The van der Waals surface area contributed by atoms with Crippen LogP contribution in [0.4, 0.5) is 5.69 Å². The minimum atomic E-state index is 0.356. The van der Waals surface area contributed by atoms with Crippen LogP contribution >= 0.6 is 0 Å². The van der Waals surface area contributed by atoms with E-state index in [9.17, 15) is 0 Å². The average Bonchev–Trinajstić information content (AvgIpc) is 2.48. The molecule has 1 aliphatic rings. The van der Waals surface area contributed by atoms with Gasteiger partial charge in [-0.3, -0.25) is 0 Å². The molecule has 5 heteroatoms. The summed E-state index contributed by atoms with van der Waals surface area (Å²) in [5, 5.41) is 8.72. The zero-order valence-corrected chi connectivity index (χ0v) is 11.1. The maximum Gasteiger partial charge on any atom is 0.140 e. The second-order valence-corrected chi connectivity index (χ2v) is 4.71. The number of nitrogens with zero attached hydrogens (tertiary/aromatic N) is 3. The molecule has 1 saturated heterocycles. The first-order valence-electron chi connectivity index (χ1n) is 6.76. The van der Waals surface area contributed by atoms with E-state index in [1.54, 1.807) is 12.3 Å². The summed E-state index contributed by atoms with van der Waals surface area (Å²) in [6.45, 7) is 3.40. The van der Waals surface area contributed by atoms with Crippen molar-refractivity contribution in [1.82, 2.24) is 4.98 Å². The molecule has 0 radical (unpaired) electrons. The van der Waals surface area contributed by atoms with Gasteiger partial charge in [0, 0.05) is 19.7 Å². The molecule has 0 saturated carbocycles. The van der Waals surface area contributed by atoms with Crippen molar-refractivity contribution in [3.8, 4) is 6.07 Å². The van der Waals surface area contributed by atoms with E-state index in [0.29, 0.717) is 18.3 Å². The number of rotatable bonds is 5. The Morgan fingerprint density at radius 3 is 2.79 bits per heavy atom. The molecule has 1 fully saturated rings. The summed E-state index contributed by atoms with van der Waals surface area (Å²) in [6.07, 6.45) is 5.12. The smallest absolute Gasteiger partial charge is 0.140 e. The third kappa shape index (κ3) is 3.91. The van der Waals surface area contributed by atoms with Crippen LogP contribution in [-0.2, 0) is 4.74 Å². The van der Waals surface area contributed by atoms with Crippen molar-refractivity contribution in [2.45, 2.75) is 25.4 Å². The van der Waals surface area contributed by atoms with E-state index in [1.165, 1.54) is 0 Å². The molecule has 0 unspecified atom stereocenters. The van der Waals surface area contributed by atoms with Crippen molar-refractivity contribution in [3.05, 3.63) is 24.0 Å². The third-order valence-corrected chi connectivity index (χ3v) is 3.37. The van der Waals surface area contributed by atoms with Crippen LogP contribution in [0.5, 0.6) is 0 Å². The van der Waals surface area contributed by atoms with E-state index >= 15 is 0 Å². The molecule has 2 rings (SSSR count). The van der Waals surface area contributed by atoms with Gasteiger partial charge in [0.05, 0.1) is 18.0 Å². The number of piperidine rings is 1. The maximum absolute atomic E-state index is 8.72. The Morgan fingerprint density at radius 2 is 2.21 bits per heavy atom. The molecule has 0 atom stereocenters. The summed E-state index contributed by atoms with van der Waals surface area (Å²) in [5.41, 5.74) is 6.99. The van der Waals surface area contributed by atoms with Crippen molar-refractivity contribution in [2.75, 3.05) is 31.1 Å². The van der Waals surface area contributed by atoms with Gasteiger partial charge in [0.1, 0.15) is 11.8 Å². The monoisotopic (exact) mass is 260 g/mol. The molecule has 1 aromatic heterocycles. The van der Waals surface area contributed by atoms with E-state index in [0.717, 1.165) is 44.6 Å². The fourth-order valence-corrected chi connectivity index (χ4v) is 2.25. The lowest BCUT2D eigenvalue weighted by atomic mass is 10.1. The number of nitriles is 1. The molecular weight excluding hydrogens is 240 g/mol. The van der Waals surface area contributed by atoms with Gasteiger partial charge in [-0.1, -0.05) is 0 Å². The Hall–Kier alpha value is -1.64. The lowest BCUT2D eigenvalue weighted by Crippen LogP contribution is -2.37. The summed E-state index contributed by atoms with van der Waals surface area (Å²) < 4.78 is 5.78. The predicted octanol–water partition coefficient (Wildman–Crippen LogP) is 1.29. The number of ether oxygens (including phenoxy) is 1. The van der Waals surface area contributed by atoms with Gasteiger partial charge < -0.3 is 15.4 Å². The molecule has 102 valence electrons. The van der Waals surface area contributed by atoms with Crippen molar-refractivity contribution in [1.29, 1.82) is 5.26 Å². The minimum Gasteiger partial charge on any atom is -0.378 e. The van der Waals surface area contributed by atoms with Crippen molar-refractivity contribution in [2.24, 2.45) is 5.73 Å². The summed E-state index contributed by atoms with van der Waals surface area (Å²) in [5.74, 6) is 0. The van der Waals surface area contributed by atoms with Crippen LogP contribution in [-0.4, -0.2) is 37.3 Å². The van der Waals surface area contributed by atoms with Gasteiger partial charge in [0.25, 0.3) is 0 Å². The van der Waals surface area contributed by atoms with E-state index in [2.05, 4.69) is 9.88 Å². The Labute approximate surface area is 114 Å². The fraction of sp³-hybridized carbons (Fsp3) is 0.571. The van der Waals surface area contributed by atoms with Gasteiger partial charge in [-0.2, -0.15) is 5.26 Å². The van der Waals surface area contributed by atoms with Gasteiger partial charge in [-0.05, 0) is 37.9 Å². The van der Waals surface area contributed by atoms with Crippen LogP contribution in [0.1, 0.15) is 25.0 Å². The Kier molecular flexibility index (Phi) is 5.13. The van der Waals surface area contributed by atoms with Crippen molar-refractivity contribution < 1.29 is 4.74 Å². The van der Waals surface area contributed by atoms with Crippen LogP contribution in [0.25, 0.3) is 0 Å². The molecule has 1 aliphatic heterocycles. The minimum absolute atomic E-state index is 0.356. The summed E-state index contributed by atoms with van der Waals surface area (Å²) in [4.78, 5) is 6.39. The number of pyridine rings is 1. The maximum atomic E-state index is 8.72. The number of aromatic nitrogens is 1. The molecule has 0 spiro atoms. The zero-order valence-electron chi connectivity index (χ0n) is 11.1. The average molecular weight is 260 g/mol. The second kappa shape index (κ2) is 7.07. The van der Waals surface area contributed by atoms with E-state index in [4.69, 9.17) is 15.7 Å². The third-order valence-electron chi connectivity index (χ3n) is 3.37. The van der Waals surface area contributed by atoms with E-state index < -0.39 is 0 Å². The quantitative estimate of drug-likeness (QED) is 0.807. The van der Waals surface area contributed by atoms with E-state index in [1.807, 2.05) is 12.1 Å². The highest BCUT2D eigenvalue weighted by Crippen LogP contribution is 2.20. The zero-order chi connectivity index (χ0) is 13.5. The molecule has 0 amide bonds. The summed E-state index contributed by atoms with van der Waals surface area (Å²) >= 11 is 0. The lowest BCUT2D eigenvalue weighted by Gasteiger charge is -2.33. The van der Waals surface area contributed by atoms with Crippen LogP contribution in [0, 0.1) is 11.3 Å². The summed E-state index contributed by atoms with van der Waals surface area (Å²) in [6, 6.07) is 5.76. The van der Waals surface area contributed by atoms with Crippen LogP contribution in [0.2, 0.25) is 0 Å². The number of anilines is 1. The van der Waals surface area contributed by atoms with Gasteiger partial charge in [-0.25, -0.2) is 4.98 Å². The molecule has 0 aliphatic carbocycles. The molecule has 0 bridgehead atoms. The van der Waals surface area contributed by atoms with Crippen molar-refractivity contribution >= 4 is 5.69 Å².